The molecular weight excluding hydrogens is 250 g/mol. The van der Waals surface area contributed by atoms with Crippen LogP contribution in [-0.4, -0.2) is 40.9 Å². The van der Waals surface area contributed by atoms with Gasteiger partial charge < -0.3 is 15.1 Å². The Labute approximate surface area is 123 Å². The number of nitrogens with zero attached hydrogens (tertiary/aromatic N) is 1. The van der Waals surface area contributed by atoms with Crippen LogP contribution in [-0.2, 0) is 0 Å². The fraction of sp³-hybridized carbons (Fsp3) is 0.941. The molecule has 0 aromatic heterocycles. The number of aliphatic hydroxyl groups excluding tert-OH is 2. The first-order valence-corrected chi connectivity index (χ1v) is 8.69. The average Bonchev–Trinajstić information content (AvgIpc) is 2.49. The monoisotopic (exact) mass is 280 g/mol. The van der Waals surface area contributed by atoms with Crippen molar-refractivity contribution in [2.24, 2.45) is 17.8 Å². The minimum Gasteiger partial charge on any atom is -0.393 e. The summed E-state index contributed by atoms with van der Waals surface area (Å²) < 4.78 is 0. The van der Waals surface area contributed by atoms with Gasteiger partial charge in [-0.15, -0.1) is 0 Å². The summed E-state index contributed by atoms with van der Waals surface area (Å²) in [5, 5.41) is 20.2. The van der Waals surface area contributed by atoms with Crippen LogP contribution in [0.15, 0.2) is 0 Å². The van der Waals surface area contributed by atoms with Crippen LogP contribution >= 0.6 is 0 Å². The highest BCUT2D eigenvalue weighted by Crippen LogP contribution is 2.46. The van der Waals surface area contributed by atoms with Gasteiger partial charge in [-0.1, -0.05) is 32.1 Å². The summed E-state index contributed by atoms with van der Waals surface area (Å²) in [6.07, 6.45) is 11.7. The zero-order chi connectivity index (χ0) is 13.9. The molecule has 2 saturated carbocycles. The number of piperidine rings is 1. The van der Waals surface area contributed by atoms with E-state index in [0.29, 0.717) is 5.92 Å². The quantitative estimate of drug-likeness (QED) is 0.835. The molecule has 1 aliphatic heterocycles. The zero-order valence-corrected chi connectivity index (χ0v) is 12.6. The van der Waals surface area contributed by atoms with Crippen LogP contribution in [0.1, 0.15) is 57.8 Å². The Morgan fingerprint density at radius 2 is 1.60 bits per heavy atom. The van der Waals surface area contributed by atoms with Crippen molar-refractivity contribution in [2.75, 3.05) is 19.6 Å². The van der Waals surface area contributed by atoms with Crippen LogP contribution < -0.4 is 0 Å². The minimum atomic E-state index is -0.120. The lowest BCUT2D eigenvalue weighted by Gasteiger charge is -2.44. The van der Waals surface area contributed by atoms with E-state index in [1.54, 1.807) is 0 Å². The summed E-state index contributed by atoms with van der Waals surface area (Å²) in [6.45, 7) is 2.62. The fourth-order valence-corrected chi connectivity index (χ4v) is 4.78. The van der Waals surface area contributed by atoms with Gasteiger partial charge in [0.2, 0.25) is 0 Å². The van der Waals surface area contributed by atoms with E-state index in [1.807, 2.05) is 0 Å². The SMILES string of the molecule is O[C](CN1CCC(O)CC1)C1CCCC2CCCCC21. The van der Waals surface area contributed by atoms with Gasteiger partial charge in [0.1, 0.15) is 6.10 Å². The molecule has 3 heteroatoms. The van der Waals surface area contributed by atoms with Gasteiger partial charge >= 0.3 is 0 Å². The van der Waals surface area contributed by atoms with E-state index in [0.717, 1.165) is 50.4 Å². The van der Waals surface area contributed by atoms with E-state index in [9.17, 15) is 10.2 Å². The second-order valence-electron chi connectivity index (χ2n) is 7.24. The second-order valence-corrected chi connectivity index (χ2v) is 7.24. The number of hydrogen-bond donors (Lipinski definition) is 2. The maximum atomic E-state index is 10.6. The summed E-state index contributed by atoms with van der Waals surface area (Å²) in [7, 11) is 0. The molecule has 3 fully saturated rings. The van der Waals surface area contributed by atoms with E-state index in [1.165, 1.54) is 44.9 Å². The molecule has 3 unspecified atom stereocenters. The van der Waals surface area contributed by atoms with Crippen molar-refractivity contribution in [3.05, 3.63) is 6.10 Å². The Kier molecular flexibility index (Phi) is 5.00. The van der Waals surface area contributed by atoms with Crippen LogP contribution in [0.4, 0.5) is 0 Å². The lowest BCUT2D eigenvalue weighted by Crippen LogP contribution is -2.42. The smallest absolute Gasteiger partial charge is 0.110 e. The van der Waals surface area contributed by atoms with Crippen molar-refractivity contribution >= 4 is 0 Å². The third-order valence-corrected chi connectivity index (χ3v) is 5.95. The predicted molar refractivity (Wildman–Crippen MR) is 79.6 cm³/mol. The van der Waals surface area contributed by atoms with Crippen LogP contribution in [0.3, 0.4) is 0 Å². The Morgan fingerprint density at radius 3 is 2.40 bits per heavy atom. The Hall–Kier alpha value is -0.120. The molecule has 0 aromatic rings. The molecule has 0 aromatic carbocycles. The second kappa shape index (κ2) is 6.76. The molecule has 1 radical (unpaired) electrons. The highest BCUT2D eigenvalue weighted by Gasteiger charge is 2.39. The molecular formula is C17H30NO2. The summed E-state index contributed by atoms with van der Waals surface area (Å²) >= 11 is 0. The molecule has 0 bridgehead atoms. The van der Waals surface area contributed by atoms with Crippen molar-refractivity contribution in [1.82, 2.24) is 4.90 Å². The zero-order valence-electron chi connectivity index (χ0n) is 12.6. The standard InChI is InChI=1S/C17H30NO2/c19-14-8-10-18(11-9-14)12-17(20)16-7-3-5-13-4-1-2-6-15(13)16/h13-16,19-20H,1-12H2. The maximum absolute atomic E-state index is 10.6. The van der Waals surface area contributed by atoms with Gasteiger partial charge in [0.25, 0.3) is 0 Å². The first-order valence-electron chi connectivity index (χ1n) is 8.69. The number of fused-ring (bicyclic) bond motifs is 1. The van der Waals surface area contributed by atoms with Crippen LogP contribution in [0.25, 0.3) is 0 Å². The van der Waals surface area contributed by atoms with Gasteiger partial charge in [-0.2, -0.15) is 0 Å². The first kappa shape index (κ1) is 14.8. The molecule has 1 heterocycles. The highest BCUT2D eigenvalue weighted by molar-refractivity contribution is 4.98. The molecule has 115 valence electrons. The van der Waals surface area contributed by atoms with Gasteiger partial charge in [0.15, 0.2) is 0 Å². The molecule has 3 aliphatic rings. The lowest BCUT2D eigenvalue weighted by atomic mass is 9.64. The topological polar surface area (TPSA) is 43.7 Å². The summed E-state index contributed by atoms with van der Waals surface area (Å²) in [5.41, 5.74) is 0. The van der Waals surface area contributed by atoms with Crippen LogP contribution in [0.2, 0.25) is 0 Å². The molecule has 1 saturated heterocycles. The highest BCUT2D eigenvalue weighted by atomic mass is 16.3. The Balaban J connectivity index is 1.54. The van der Waals surface area contributed by atoms with Crippen LogP contribution in [0, 0.1) is 23.9 Å². The predicted octanol–water partition coefficient (Wildman–Crippen LogP) is 2.95. The van der Waals surface area contributed by atoms with Gasteiger partial charge in [0, 0.05) is 19.6 Å². The Morgan fingerprint density at radius 1 is 0.900 bits per heavy atom. The van der Waals surface area contributed by atoms with Gasteiger partial charge in [-0.25, -0.2) is 0 Å². The minimum absolute atomic E-state index is 0.120. The van der Waals surface area contributed by atoms with Gasteiger partial charge in [0.05, 0.1) is 6.10 Å². The third kappa shape index (κ3) is 3.37. The average molecular weight is 280 g/mol. The fourth-order valence-electron chi connectivity index (χ4n) is 4.78. The largest absolute Gasteiger partial charge is 0.393 e. The molecule has 2 aliphatic carbocycles. The van der Waals surface area contributed by atoms with Crippen molar-refractivity contribution in [3.8, 4) is 0 Å². The van der Waals surface area contributed by atoms with Crippen molar-refractivity contribution in [2.45, 2.75) is 63.9 Å². The normalized spacial score (nSPS) is 37.0. The number of rotatable bonds is 3. The first-order chi connectivity index (χ1) is 9.74. The van der Waals surface area contributed by atoms with Crippen LogP contribution in [0.5, 0.6) is 0 Å². The van der Waals surface area contributed by atoms with E-state index >= 15 is 0 Å². The van der Waals surface area contributed by atoms with E-state index in [2.05, 4.69) is 4.90 Å². The summed E-state index contributed by atoms with van der Waals surface area (Å²) in [5.74, 6) is 2.10. The van der Waals surface area contributed by atoms with Crippen molar-refractivity contribution in [1.29, 1.82) is 0 Å². The molecule has 3 nitrogen and oxygen atoms in total. The summed E-state index contributed by atoms with van der Waals surface area (Å²) in [4.78, 5) is 2.33. The van der Waals surface area contributed by atoms with Gasteiger partial charge in [-0.3, -0.25) is 0 Å². The van der Waals surface area contributed by atoms with E-state index < -0.39 is 0 Å². The van der Waals surface area contributed by atoms with Crippen molar-refractivity contribution in [3.63, 3.8) is 0 Å². The summed E-state index contributed by atoms with van der Waals surface area (Å²) in [6, 6.07) is 0. The lowest BCUT2D eigenvalue weighted by molar-refractivity contribution is 0.0312. The number of likely N-dealkylation sites (tertiary alicyclic amines) is 1. The molecule has 3 rings (SSSR count). The molecule has 0 spiro atoms. The number of hydrogen-bond acceptors (Lipinski definition) is 3. The Bertz CT molecular complexity index is 299. The van der Waals surface area contributed by atoms with E-state index in [4.69, 9.17) is 0 Å². The van der Waals surface area contributed by atoms with Gasteiger partial charge in [-0.05, 0) is 43.4 Å². The molecule has 2 N–H and O–H groups in total. The number of aliphatic hydroxyl groups is 2. The van der Waals surface area contributed by atoms with E-state index in [-0.39, 0.29) is 6.10 Å². The molecule has 0 amide bonds. The third-order valence-electron chi connectivity index (χ3n) is 5.95. The molecule has 3 atom stereocenters. The molecule has 20 heavy (non-hydrogen) atoms. The van der Waals surface area contributed by atoms with Crippen molar-refractivity contribution < 1.29 is 10.2 Å². The maximum Gasteiger partial charge on any atom is 0.110 e.